The SMILES string of the molecule is CNCCC(c1c(C)cc(C)cc1OC)N(C)C. The molecule has 1 aromatic carbocycles. The van der Waals surface area contributed by atoms with E-state index in [1.165, 1.54) is 16.7 Å². The molecular weight excluding hydrogens is 224 g/mol. The lowest BCUT2D eigenvalue weighted by atomic mass is 9.95. The van der Waals surface area contributed by atoms with Crippen molar-refractivity contribution in [2.75, 3.05) is 34.8 Å². The number of aryl methyl sites for hydroxylation is 2. The Morgan fingerprint density at radius 3 is 2.44 bits per heavy atom. The molecule has 0 saturated carbocycles. The van der Waals surface area contributed by atoms with E-state index in [-0.39, 0.29) is 0 Å². The lowest BCUT2D eigenvalue weighted by molar-refractivity contribution is 0.272. The molecule has 0 heterocycles. The number of nitrogens with one attached hydrogen (secondary N) is 1. The minimum absolute atomic E-state index is 0.382. The van der Waals surface area contributed by atoms with E-state index < -0.39 is 0 Å². The Hall–Kier alpha value is -1.06. The van der Waals surface area contributed by atoms with Gasteiger partial charge in [0, 0.05) is 11.6 Å². The maximum atomic E-state index is 5.57. The Bertz CT molecular complexity index is 388. The third-order valence-corrected chi connectivity index (χ3v) is 3.34. The zero-order valence-corrected chi connectivity index (χ0v) is 12.5. The van der Waals surface area contributed by atoms with E-state index in [4.69, 9.17) is 4.74 Å². The number of methoxy groups -OCH3 is 1. The van der Waals surface area contributed by atoms with Crippen LogP contribution in [0, 0.1) is 13.8 Å². The Balaban J connectivity index is 3.17. The minimum atomic E-state index is 0.382. The van der Waals surface area contributed by atoms with Gasteiger partial charge in [0.1, 0.15) is 5.75 Å². The van der Waals surface area contributed by atoms with Gasteiger partial charge in [-0.15, -0.1) is 0 Å². The first-order valence-corrected chi connectivity index (χ1v) is 6.47. The predicted octanol–water partition coefficient (Wildman–Crippen LogP) is 2.52. The van der Waals surface area contributed by atoms with Gasteiger partial charge in [0.15, 0.2) is 0 Å². The molecule has 1 unspecified atom stereocenters. The summed E-state index contributed by atoms with van der Waals surface area (Å²) in [6.45, 7) is 5.28. The summed E-state index contributed by atoms with van der Waals surface area (Å²) in [5.74, 6) is 1.00. The van der Waals surface area contributed by atoms with Gasteiger partial charge in [0.05, 0.1) is 7.11 Å². The molecular formula is C15H26N2O. The molecule has 102 valence electrons. The van der Waals surface area contributed by atoms with Crippen LogP contribution in [0.3, 0.4) is 0 Å². The highest BCUT2D eigenvalue weighted by atomic mass is 16.5. The van der Waals surface area contributed by atoms with Gasteiger partial charge in [0.2, 0.25) is 0 Å². The maximum absolute atomic E-state index is 5.57. The quantitative estimate of drug-likeness (QED) is 0.839. The fourth-order valence-corrected chi connectivity index (χ4v) is 2.48. The zero-order chi connectivity index (χ0) is 13.7. The van der Waals surface area contributed by atoms with Crippen molar-refractivity contribution >= 4 is 0 Å². The Morgan fingerprint density at radius 2 is 1.94 bits per heavy atom. The lowest BCUT2D eigenvalue weighted by Gasteiger charge is -2.28. The molecule has 0 aromatic heterocycles. The van der Waals surface area contributed by atoms with Crippen molar-refractivity contribution in [2.45, 2.75) is 26.3 Å². The monoisotopic (exact) mass is 250 g/mol. The third-order valence-electron chi connectivity index (χ3n) is 3.34. The molecule has 0 aliphatic carbocycles. The molecule has 3 nitrogen and oxygen atoms in total. The summed E-state index contributed by atoms with van der Waals surface area (Å²) in [5, 5.41) is 3.22. The van der Waals surface area contributed by atoms with Gasteiger partial charge >= 0.3 is 0 Å². The van der Waals surface area contributed by atoms with Crippen LogP contribution >= 0.6 is 0 Å². The average molecular weight is 250 g/mol. The first kappa shape index (κ1) is 15.0. The van der Waals surface area contributed by atoms with E-state index >= 15 is 0 Å². The molecule has 0 bridgehead atoms. The molecule has 18 heavy (non-hydrogen) atoms. The number of nitrogens with zero attached hydrogens (tertiary/aromatic N) is 1. The first-order chi connectivity index (χ1) is 8.51. The second kappa shape index (κ2) is 6.76. The smallest absolute Gasteiger partial charge is 0.124 e. The fourth-order valence-electron chi connectivity index (χ4n) is 2.48. The van der Waals surface area contributed by atoms with E-state index in [9.17, 15) is 0 Å². The van der Waals surface area contributed by atoms with Crippen LogP contribution in [0.5, 0.6) is 5.75 Å². The maximum Gasteiger partial charge on any atom is 0.124 e. The average Bonchev–Trinajstić information content (AvgIpc) is 2.30. The summed E-state index contributed by atoms with van der Waals surface area (Å²) < 4.78 is 5.57. The van der Waals surface area contributed by atoms with Gasteiger partial charge in [-0.25, -0.2) is 0 Å². The predicted molar refractivity (Wildman–Crippen MR) is 77.4 cm³/mol. The van der Waals surface area contributed by atoms with E-state index in [2.05, 4.69) is 50.3 Å². The van der Waals surface area contributed by atoms with Gasteiger partial charge < -0.3 is 15.0 Å². The second-order valence-corrected chi connectivity index (χ2v) is 5.07. The van der Waals surface area contributed by atoms with Gasteiger partial charge in [-0.1, -0.05) is 6.07 Å². The van der Waals surface area contributed by atoms with Crippen LogP contribution in [0.15, 0.2) is 12.1 Å². The molecule has 1 atom stereocenters. The van der Waals surface area contributed by atoms with Gasteiger partial charge in [0.25, 0.3) is 0 Å². The largest absolute Gasteiger partial charge is 0.496 e. The van der Waals surface area contributed by atoms with Crippen LogP contribution in [0.4, 0.5) is 0 Å². The van der Waals surface area contributed by atoms with Crippen molar-refractivity contribution in [1.29, 1.82) is 0 Å². The molecule has 0 amide bonds. The van der Waals surface area contributed by atoms with Crippen molar-refractivity contribution in [1.82, 2.24) is 10.2 Å². The van der Waals surface area contributed by atoms with Crippen LogP contribution in [0.25, 0.3) is 0 Å². The highest BCUT2D eigenvalue weighted by Gasteiger charge is 2.20. The molecule has 0 aliphatic rings. The van der Waals surface area contributed by atoms with Crippen molar-refractivity contribution in [2.24, 2.45) is 0 Å². The summed E-state index contributed by atoms with van der Waals surface area (Å²) in [6, 6.07) is 4.74. The molecule has 0 fully saturated rings. The summed E-state index contributed by atoms with van der Waals surface area (Å²) in [7, 11) is 7.99. The Kier molecular flexibility index (Phi) is 5.63. The van der Waals surface area contributed by atoms with Crippen LogP contribution in [-0.2, 0) is 0 Å². The molecule has 0 radical (unpaired) electrons. The van der Waals surface area contributed by atoms with Gasteiger partial charge in [-0.05, 0) is 65.1 Å². The number of hydrogen-bond donors (Lipinski definition) is 1. The second-order valence-electron chi connectivity index (χ2n) is 5.07. The molecule has 3 heteroatoms. The van der Waals surface area contributed by atoms with E-state index in [1.807, 2.05) is 7.05 Å². The summed E-state index contributed by atoms with van der Waals surface area (Å²) in [5.41, 5.74) is 3.87. The molecule has 1 N–H and O–H groups in total. The molecule has 0 aliphatic heterocycles. The number of benzene rings is 1. The van der Waals surface area contributed by atoms with Crippen LogP contribution in [-0.4, -0.2) is 39.7 Å². The van der Waals surface area contributed by atoms with Crippen molar-refractivity contribution in [3.63, 3.8) is 0 Å². The summed E-state index contributed by atoms with van der Waals surface area (Å²) >= 11 is 0. The standard InChI is InChI=1S/C15H26N2O/c1-11-9-12(2)15(14(10-11)18-6)13(17(4)5)7-8-16-3/h9-10,13,16H,7-8H2,1-6H3. The molecule has 1 aromatic rings. The van der Waals surface area contributed by atoms with E-state index in [0.717, 1.165) is 18.7 Å². The third kappa shape index (κ3) is 3.47. The molecule has 1 rings (SSSR count). The van der Waals surface area contributed by atoms with E-state index in [0.29, 0.717) is 6.04 Å². The minimum Gasteiger partial charge on any atom is -0.496 e. The van der Waals surface area contributed by atoms with Gasteiger partial charge in [-0.2, -0.15) is 0 Å². The number of ether oxygens (including phenoxy) is 1. The Labute approximate surface area is 111 Å². The van der Waals surface area contributed by atoms with Crippen LogP contribution in [0.2, 0.25) is 0 Å². The topological polar surface area (TPSA) is 24.5 Å². The fraction of sp³-hybridized carbons (Fsp3) is 0.600. The lowest BCUT2D eigenvalue weighted by Crippen LogP contribution is -2.25. The highest BCUT2D eigenvalue weighted by molar-refractivity contribution is 5.45. The van der Waals surface area contributed by atoms with Crippen molar-refractivity contribution in [3.05, 3.63) is 28.8 Å². The molecule has 0 saturated heterocycles. The van der Waals surface area contributed by atoms with E-state index in [1.54, 1.807) is 7.11 Å². The first-order valence-electron chi connectivity index (χ1n) is 6.47. The Morgan fingerprint density at radius 1 is 1.28 bits per heavy atom. The highest BCUT2D eigenvalue weighted by Crippen LogP contribution is 2.34. The molecule has 0 spiro atoms. The van der Waals surface area contributed by atoms with Crippen molar-refractivity contribution in [3.8, 4) is 5.75 Å². The van der Waals surface area contributed by atoms with Gasteiger partial charge in [-0.3, -0.25) is 0 Å². The zero-order valence-electron chi connectivity index (χ0n) is 12.5. The number of rotatable bonds is 6. The summed E-state index contributed by atoms with van der Waals surface area (Å²) in [6.07, 6.45) is 1.07. The van der Waals surface area contributed by atoms with Crippen LogP contribution < -0.4 is 10.1 Å². The number of hydrogen-bond acceptors (Lipinski definition) is 3. The summed E-state index contributed by atoms with van der Waals surface area (Å²) in [4.78, 5) is 2.26. The normalized spacial score (nSPS) is 12.8. The van der Waals surface area contributed by atoms with Crippen LogP contribution in [0.1, 0.15) is 29.2 Å². The van der Waals surface area contributed by atoms with Crippen molar-refractivity contribution < 1.29 is 4.74 Å².